The summed E-state index contributed by atoms with van der Waals surface area (Å²) in [5.74, 6) is -11.7. The highest BCUT2D eigenvalue weighted by atomic mass is 19.2. The van der Waals surface area contributed by atoms with E-state index in [1.54, 1.807) is 25.7 Å². The number of carbonyl (C=O) groups excluding carboxylic acids is 1. The van der Waals surface area contributed by atoms with Gasteiger partial charge in [0, 0.05) is 12.5 Å². The predicted octanol–water partition coefficient (Wildman–Crippen LogP) is 2.52. The zero-order valence-electron chi connectivity index (χ0n) is 9.81. The Bertz CT molecular complexity index is 511. The predicted molar refractivity (Wildman–Crippen MR) is 59.0 cm³/mol. The van der Waals surface area contributed by atoms with Gasteiger partial charge < -0.3 is 5.32 Å². The number of rotatable bonds is 3. The Morgan fingerprint density at radius 2 is 1.30 bits per heavy atom. The SMILES string of the molecule is O=C(NC[C]1[CH][CH][CH][CH]1)c1c(F)c(F)c(F)c(F)c1F. The first-order valence-electron chi connectivity index (χ1n) is 5.43. The van der Waals surface area contributed by atoms with Crippen molar-refractivity contribution in [1.82, 2.24) is 5.32 Å². The van der Waals surface area contributed by atoms with E-state index in [0.29, 0.717) is 5.92 Å². The van der Waals surface area contributed by atoms with Gasteiger partial charge in [0.2, 0.25) is 5.82 Å². The molecule has 20 heavy (non-hydrogen) atoms. The topological polar surface area (TPSA) is 29.1 Å². The molecule has 2 nitrogen and oxygen atoms in total. The summed E-state index contributed by atoms with van der Waals surface area (Å²) in [4.78, 5) is 11.6. The molecule has 1 aromatic rings. The largest absolute Gasteiger partial charge is 0.351 e. The zero-order chi connectivity index (χ0) is 14.9. The van der Waals surface area contributed by atoms with E-state index in [0.717, 1.165) is 0 Å². The maximum Gasteiger partial charge on any atom is 0.257 e. The summed E-state index contributed by atoms with van der Waals surface area (Å²) >= 11 is 0. The van der Waals surface area contributed by atoms with Crippen molar-refractivity contribution >= 4 is 5.91 Å². The minimum atomic E-state index is -2.30. The highest BCUT2D eigenvalue weighted by Crippen LogP contribution is 2.24. The highest BCUT2D eigenvalue weighted by Gasteiger charge is 2.30. The molecule has 1 fully saturated rings. The van der Waals surface area contributed by atoms with Gasteiger partial charge in [-0.25, -0.2) is 22.0 Å². The van der Waals surface area contributed by atoms with Crippen molar-refractivity contribution in [3.8, 4) is 0 Å². The summed E-state index contributed by atoms with van der Waals surface area (Å²) in [6.07, 6.45) is 6.58. The number of nitrogens with one attached hydrogen (secondary N) is 1. The fraction of sp³-hybridized carbons (Fsp3) is 0.0769. The first kappa shape index (κ1) is 14.7. The Hall–Kier alpha value is -1.66. The van der Waals surface area contributed by atoms with Gasteiger partial charge in [0.1, 0.15) is 5.56 Å². The highest BCUT2D eigenvalue weighted by molar-refractivity contribution is 5.95. The van der Waals surface area contributed by atoms with Crippen molar-refractivity contribution in [2.24, 2.45) is 0 Å². The van der Waals surface area contributed by atoms with E-state index >= 15 is 0 Å². The Balaban J connectivity index is 2.21. The van der Waals surface area contributed by atoms with Crippen LogP contribution < -0.4 is 5.32 Å². The Labute approximate surface area is 112 Å². The van der Waals surface area contributed by atoms with Gasteiger partial charge in [-0.1, -0.05) is 0 Å². The van der Waals surface area contributed by atoms with Crippen LogP contribution in [0.2, 0.25) is 0 Å². The Kier molecular flexibility index (Phi) is 4.25. The summed E-state index contributed by atoms with van der Waals surface area (Å²) in [6.45, 7) is -0.0919. The second kappa shape index (κ2) is 5.76. The zero-order valence-corrected chi connectivity index (χ0v) is 9.81. The number of carbonyl (C=O) groups is 1. The quantitative estimate of drug-likeness (QED) is 0.517. The van der Waals surface area contributed by atoms with Crippen LogP contribution in [0, 0.1) is 60.7 Å². The van der Waals surface area contributed by atoms with E-state index < -0.39 is 40.6 Å². The van der Waals surface area contributed by atoms with Crippen molar-refractivity contribution < 1.29 is 26.7 Å². The lowest BCUT2D eigenvalue weighted by Gasteiger charge is -2.11. The van der Waals surface area contributed by atoms with Gasteiger partial charge >= 0.3 is 0 Å². The van der Waals surface area contributed by atoms with E-state index in [1.807, 2.05) is 0 Å². The van der Waals surface area contributed by atoms with Gasteiger partial charge in [0.05, 0.1) is 0 Å². The average Bonchev–Trinajstić information content (AvgIpc) is 2.94. The smallest absolute Gasteiger partial charge is 0.257 e. The summed E-state index contributed by atoms with van der Waals surface area (Å²) in [5, 5.41) is 2.08. The monoisotopic (exact) mass is 288 g/mol. The van der Waals surface area contributed by atoms with E-state index in [1.165, 1.54) is 0 Å². The molecule has 1 saturated carbocycles. The molecule has 0 unspecified atom stereocenters. The molecule has 0 spiro atoms. The van der Waals surface area contributed by atoms with Crippen LogP contribution in [0.3, 0.4) is 0 Å². The molecule has 0 heterocycles. The van der Waals surface area contributed by atoms with Crippen molar-refractivity contribution in [2.75, 3.05) is 6.54 Å². The summed E-state index contributed by atoms with van der Waals surface area (Å²) in [6, 6.07) is 0. The molecule has 0 bridgehead atoms. The minimum absolute atomic E-state index is 0.0919. The Morgan fingerprint density at radius 3 is 1.80 bits per heavy atom. The average molecular weight is 288 g/mol. The molecular formula is C13H7F5NO. The second-order valence-corrected chi connectivity index (χ2v) is 3.92. The third kappa shape index (κ3) is 2.62. The van der Waals surface area contributed by atoms with Crippen molar-refractivity contribution in [1.29, 1.82) is 0 Å². The molecule has 1 aromatic carbocycles. The maximum atomic E-state index is 13.3. The van der Waals surface area contributed by atoms with Gasteiger partial charge in [0.15, 0.2) is 23.3 Å². The summed E-state index contributed by atoms with van der Waals surface area (Å²) in [5.41, 5.74) is -1.49. The fourth-order valence-electron chi connectivity index (χ4n) is 1.61. The Morgan fingerprint density at radius 1 is 0.850 bits per heavy atom. The molecule has 105 valence electrons. The molecular weight excluding hydrogens is 281 g/mol. The summed E-state index contributed by atoms with van der Waals surface area (Å²) < 4.78 is 65.4. The van der Waals surface area contributed by atoms with E-state index in [4.69, 9.17) is 0 Å². The molecule has 1 aliphatic carbocycles. The first-order chi connectivity index (χ1) is 9.43. The van der Waals surface area contributed by atoms with Crippen LogP contribution in [0.1, 0.15) is 10.4 Å². The standard InChI is InChI=1S/C13H7F5NO/c14-8-7(9(15)11(17)12(18)10(8)16)13(20)19-5-6-3-1-2-4-6/h1-4H,5H2,(H,19,20). The number of hydrogen-bond donors (Lipinski definition) is 1. The van der Waals surface area contributed by atoms with Crippen molar-refractivity contribution in [3.05, 3.63) is 66.3 Å². The van der Waals surface area contributed by atoms with Crippen molar-refractivity contribution in [2.45, 2.75) is 0 Å². The molecule has 0 saturated heterocycles. The van der Waals surface area contributed by atoms with Crippen LogP contribution in [0.4, 0.5) is 22.0 Å². The number of halogens is 5. The van der Waals surface area contributed by atoms with E-state index in [-0.39, 0.29) is 6.54 Å². The third-order valence-corrected chi connectivity index (χ3v) is 2.62. The van der Waals surface area contributed by atoms with Gasteiger partial charge in [-0.05, 0) is 25.7 Å². The van der Waals surface area contributed by atoms with Crippen LogP contribution in [-0.4, -0.2) is 12.5 Å². The van der Waals surface area contributed by atoms with Crippen LogP contribution in [0.25, 0.3) is 0 Å². The molecule has 1 N–H and O–H groups in total. The number of hydrogen-bond acceptors (Lipinski definition) is 1. The maximum absolute atomic E-state index is 13.3. The van der Waals surface area contributed by atoms with Gasteiger partial charge in [-0.15, -0.1) is 0 Å². The van der Waals surface area contributed by atoms with Crippen LogP contribution >= 0.6 is 0 Å². The van der Waals surface area contributed by atoms with Gasteiger partial charge in [0.25, 0.3) is 5.91 Å². The summed E-state index contributed by atoms with van der Waals surface area (Å²) in [7, 11) is 0. The molecule has 1 aliphatic rings. The van der Waals surface area contributed by atoms with Gasteiger partial charge in [-0.3, -0.25) is 4.79 Å². The molecule has 1 amide bonds. The second-order valence-electron chi connectivity index (χ2n) is 3.92. The van der Waals surface area contributed by atoms with E-state index in [2.05, 4.69) is 5.32 Å². The molecule has 7 heteroatoms. The lowest BCUT2D eigenvalue weighted by Crippen LogP contribution is -2.30. The molecule has 0 atom stereocenters. The lowest BCUT2D eigenvalue weighted by molar-refractivity contribution is 0.0944. The fourth-order valence-corrected chi connectivity index (χ4v) is 1.61. The third-order valence-electron chi connectivity index (χ3n) is 2.62. The minimum Gasteiger partial charge on any atom is -0.351 e. The van der Waals surface area contributed by atoms with Crippen molar-refractivity contribution in [3.63, 3.8) is 0 Å². The normalized spacial score (nSPS) is 15.7. The van der Waals surface area contributed by atoms with Gasteiger partial charge in [-0.2, -0.15) is 0 Å². The van der Waals surface area contributed by atoms with E-state index in [9.17, 15) is 26.7 Å². The number of benzene rings is 1. The first-order valence-corrected chi connectivity index (χ1v) is 5.43. The van der Waals surface area contributed by atoms with Crippen LogP contribution in [0.15, 0.2) is 0 Å². The lowest BCUT2D eigenvalue weighted by atomic mass is 10.1. The molecule has 5 radical (unpaired) electrons. The van der Waals surface area contributed by atoms with Crippen LogP contribution in [-0.2, 0) is 0 Å². The molecule has 0 aromatic heterocycles. The molecule has 2 rings (SSSR count). The van der Waals surface area contributed by atoms with Crippen LogP contribution in [0.5, 0.6) is 0 Å². The number of amides is 1. The molecule has 0 aliphatic heterocycles.